The molecule has 1 N–H and O–H groups in total. The van der Waals surface area contributed by atoms with Crippen molar-refractivity contribution in [1.29, 1.82) is 0 Å². The van der Waals surface area contributed by atoms with Gasteiger partial charge in [0.25, 0.3) is 0 Å². The minimum atomic E-state index is -4.64. The van der Waals surface area contributed by atoms with Gasteiger partial charge < -0.3 is 14.8 Å². The Kier molecular flexibility index (Phi) is 5.20. The van der Waals surface area contributed by atoms with Gasteiger partial charge in [-0.25, -0.2) is 4.98 Å². The van der Waals surface area contributed by atoms with E-state index in [1.165, 1.54) is 13.0 Å². The Balaban J connectivity index is 1.87. The summed E-state index contributed by atoms with van der Waals surface area (Å²) >= 11 is 0. The van der Waals surface area contributed by atoms with Gasteiger partial charge >= 0.3 is 6.18 Å². The van der Waals surface area contributed by atoms with E-state index in [2.05, 4.69) is 15.2 Å². The highest BCUT2D eigenvalue weighted by Gasteiger charge is 2.40. The average Bonchev–Trinajstić information content (AvgIpc) is 3.24. The molecule has 1 aromatic carbocycles. The smallest absolute Gasteiger partial charge is 0.352 e. The van der Waals surface area contributed by atoms with Gasteiger partial charge in [-0.3, -0.25) is 4.79 Å². The number of imidazole rings is 1. The SMILES string of the molecule is C[C@@H](C(=O)NCC1(N(C)C)CCCC1)n1c(C(F)(F)F)nc2ccccc21. The van der Waals surface area contributed by atoms with E-state index in [0.717, 1.165) is 30.3 Å². The lowest BCUT2D eigenvalue weighted by Gasteiger charge is -2.36. The number of carbonyl (C=O) groups is 1. The molecule has 1 aliphatic carbocycles. The monoisotopic (exact) mass is 382 g/mol. The van der Waals surface area contributed by atoms with Gasteiger partial charge in [-0.05, 0) is 46.0 Å². The van der Waals surface area contributed by atoms with Crippen molar-refractivity contribution < 1.29 is 18.0 Å². The van der Waals surface area contributed by atoms with Crippen molar-refractivity contribution in [3.05, 3.63) is 30.1 Å². The molecule has 0 radical (unpaired) electrons. The summed E-state index contributed by atoms with van der Waals surface area (Å²) in [6.07, 6.45) is -0.515. The molecule has 0 bridgehead atoms. The number of alkyl halides is 3. The maximum absolute atomic E-state index is 13.5. The molecule has 1 aliphatic rings. The number of likely N-dealkylation sites (N-methyl/N-ethyl adjacent to an activating group) is 1. The summed E-state index contributed by atoms with van der Waals surface area (Å²) in [5, 5.41) is 2.88. The zero-order chi connectivity index (χ0) is 19.8. The number of hydrogen-bond acceptors (Lipinski definition) is 3. The van der Waals surface area contributed by atoms with Gasteiger partial charge in [-0.15, -0.1) is 0 Å². The molecular formula is C19H25F3N4O. The fraction of sp³-hybridized carbons (Fsp3) is 0.579. The Morgan fingerprint density at radius 3 is 2.52 bits per heavy atom. The predicted octanol–water partition coefficient (Wildman–Crippen LogP) is 3.61. The van der Waals surface area contributed by atoms with Crippen LogP contribution in [0.5, 0.6) is 0 Å². The second-order valence-corrected chi connectivity index (χ2v) is 7.51. The number of halogens is 3. The topological polar surface area (TPSA) is 50.2 Å². The van der Waals surface area contributed by atoms with Gasteiger partial charge in [0.2, 0.25) is 11.7 Å². The molecule has 148 valence electrons. The third-order valence-corrected chi connectivity index (χ3v) is 5.69. The highest BCUT2D eigenvalue weighted by Crippen LogP contribution is 2.35. The first-order valence-corrected chi connectivity index (χ1v) is 9.15. The van der Waals surface area contributed by atoms with Crippen LogP contribution in [0.4, 0.5) is 13.2 Å². The number of nitrogens with zero attached hydrogens (tertiary/aromatic N) is 3. The summed E-state index contributed by atoms with van der Waals surface area (Å²) in [6, 6.07) is 5.33. The van der Waals surface area contributed by atoms with E-state index in [1.54, 1.807) is 18.2 Å². The lowest BCUT2D eigenvalue weighted by atomic mass is 9.96. The van der Waals surface area contributed by atoms with E-state index in [4.69, 9.17) is 0 Å². The number of rotatable bonds is 5. The molecular weight excluding hydrogens is 357 g/mol. The fourth-order valence-electron chi connectivity index (χ4n) is 3.97. The number of carbonyl (C=O) groups excluding carboxylic acids is 1. The number of nitrogens with one attached hydrogen (secondary N) is 1. The van der Waals surface area contributed by atoms with Crippen molar-refractivity contribution in [2.45, 2.75) is 50.4 Å². The van der Waals surface area contributed by atoms with Crippen molar-refractivity contribution in [3.8, 4) is 0 Å². The van der Waals surface area contributed by atoms with Crippen LogP contribution in [-0.2, 0) is 11.0 Å². The van der Waals surface area contributed by atoms with Crippen LogP contribution in [0.1, 0.15) is 44.5 Å². The number of benzene rings is 1. The minimum absolute atomic E-state index is 0.126. The fourth-order valence-corrected chi connectivity index (χ4v) is 3.97. The largest absolute Gasteiger partial charge is 0.449 e. The van der Waals surface area contributed by atoms with E-state index in [-0.39, 0.29) is 11.1 Å². The van der Waals surface area contributed by atoms with E-state index in [1.807, 2.05) is 14.1 Å². The second kappa shape index (κ2) is 7.14. The maximum Gasteiger partial charge on any atom is 0.449 e. The Morgan fingerprint density at radius 1 is 1.30 bits per heavy atom. The van der Waals surface area contributed by atoms with Crippen LogP contribution < -0.4 is 5.32 Å². The first-order valence-electron chi connectivity index (χ1n) is 9.15. The first kappa shape index (κ1) is 19.7. The summed E-state index contributed by atoms with van der Waals surface area (Å²) in [4.78, 5) is 18.6. The molecule has 1 fully saturated rings. The molecule has 1 atom stereocenters. The molecule has 5 nitrogen and oxygen atoms in total. The molecule has 1 amide bonds. The van der Waals surface area contributed by atoms with Gasteiger partial charge in [0, 0.05) is 12.1 Å². The second-order valence-electron chi connectivity index (χ2n) is 7.51. The van der Waals surface area contributed by atoms with Gasteiger partial charge in [0.1, 0.15) is 6.04 Å². The third kappa shape index (κ3) is 3.67. The quantitative estimate of drug-likeness (QED) is 0.860. The molecule has 1 saturated carbocycles. The molecule has 27 heavy (non-hydrogen) atoms. The third-order valence-electron chi connectivity index (χ3n) is 5.69. The standard InChI is InChI=1S/C19H25F3N4O/c1-13(16(27)23-12-18(25(2)3)10-6-7-11-18)26-15-9-5-4-8-14(15)24-17(26)19(20,21)22/h4-5,8-9,13H,6-7,10-12H2,1-3H3,(H,23,27)/t13-/m0/s1. The molecule has 0 spiro atoms. The highest BCUT2D eigenvalue weighted by molar-refractivity contribution is 5.84. The lowest BCUT2D eigenvalue weighted by molar-refractivity contribution is -0.148. The number of fused-ring (bicyclic) bond motifs is 1. The number of aromatic nitrogens is 2. The van der Waals surface area contributed by atoms with Crippen molar-refractivity contribution in [3.63, 3.8) is 0 Å². The molecule has 0 unspecified atom stereocenters. The number of hydrogen-bond donors (Lipinski definition) is 1. The zero-order valence-corrected chi connectivity index (χ0v) is 15.8. The van der Waals surface area contributed by atoms with Crippen molar-refractivity contribution in [2.24, 2.45) is 0 Å². The lowest BCUT2D eigenvalue weighted by Crippen LogP contribution is -2.51. The summed E-state index contributed by atoms with van der Waals surface area (Å²) in [6.45, 7) is 1.91. The normalized spacial score (nSPS) is 18.2. The molecule has 2 aromatic rings. The molecule has 3 rings (SSSR count). The zero-order valence-electron chi connectivity index (χ0n) is 15.8. The van der Waals surface area contributed by atoms with Gasteiger partial charge in [-0.2, -0.15) is 13.2 Å². The van der Waals surface area contributed by atoms with Crippen LogP contribution in [-0.4, -0.2) is 46.5 Å². The van der Waals surface area contributed by atoms with Gasteiger partial charge in [0.05, 0.1) is 11.0 Å². The predicted molar refractivity (Wildman–Crippen MR) is 97.3 cm³/mol. The van der Waals surface area contributed by atoms with E-state index >= 15 is 0 Å². The summed E-state index contributed by atoms with van der Waals surface area (Å²) in [5.41, 5.74) is 0.403. The Bertz CT molecular complexity index is 822. The number of amides is 1. The minimum Gasteiger partial charge on any atom is -0.352 e. The highest BCUT2D eigenvalue weighted by atomic mass is 19.4. The average molecular weight is 382 g/mol. The molecule has 0 saturated heterocycles. The van der Waals surface area contributed by atoms with Gasteiger partial charge in [-0.1, -0.05) is 25.0 Å². The Morgan fingerprint density at radius 2 is 1.93 bits per heavy atom. The molecule has 0 aliphatic heterocycles. The van der Waals surface area contributed by atoms with Crippen molar-refractivity contribution in [1.82, 2.24) is 19.8 Å². The number of para-hydroxylation sites is 2. The van der Waals surface area contributed by atoms with E-state index < -0.39 is 23.9 Å². The van der Waals surface area contributed by atoms with Crippen molar-refractivity contribution in [2.75, 3.05) is 20.6 Å². The molecule has 1 heterocycles. The van der Waals surface area contributed by atoms with Crippen molar-refractivity contribution >= 4 is 16.9 Å². The van der Waals surface area contributed by atoms with Crippen LogP contribution in [0.3, 0.4) is 0 Å². The van der Waals surface area contributed by atoms with Crippen LogP contribution >= 0.6 is 0 Å². The first-order chi connectivity index (χ1) is 12.7. The molecule has 1 aromatic heterocycles. The summed E-state index contributed by atoms with van der Waals surface area (Å²) in [5.74, 6) is -1.48. The summed E-state index contributed by atoms with van der Waals surface area (Å²) < 4.78 is 41.4. The summed E-state index contributed by atoms with van der Waals surface area (Å²) in [7, 11) is 3.96. The Labute approximate surface area is 156 Å². The maximum atomic E-state index is 13.5. The van der Waals surface area contributed by atoms with Crippen LogP contribution in [0.2, 0.25) is 0 Å². The van der Waals surface area contributed by atoms with E-state index in [0.29, 0.717) is 12.1 Å². The molecule has 8 heteroatoms. The Hall–Kier alpha value is -2.09. The van der Waals surface area contributed by atoms with Crippen LogP contribution in [0, 0.1) is 0 Å². The van der Waals surface area contributed by atoms with Crippen LogP contribution in [0.25, 0.3) is 11.0 Å². The van der Waals surface area contributed by atoms with E-state index in [9.17, 15) is 18.0 Å². The van der Waals surface area contributed by atoms with Crippen LogP contribution in [0.15, 0.2) is 24.3 Å². The van der Waals surface area contributed by atoms with Gasteiger partial charge in [0.15, 0.2) is 0 Å².